The third-order valence-electron chi connectivity index (χ3n) is 2.41. The van der Waals surface area contributed by atoms with Crippen LogP contribution in [0.5, 0.6) is 0 Å². The summed E-state index contributed by atoms with van der Waals surface area (Å²) in [5.74, 6) is -2.29. The molecule has 1 amide bonds. The molecule has 0 saturated heterocycles. The molecule has 0 spiro atoms. The Kier molecular flexibility index (Phi) is 3.89. The van der Waals surface area contributed by atoms with Crippen LogP contribution in [0.4, 0.5) is 18.9 Å². The van der Waals surface area contributed by atoms with E-state index < -0.39 is 29.2 Å². The summed E-state index contributed by atoms with van der Waals surface area (Å²) < 4.78 is 41.1. The number of nitrogens with one attached hydrogen (secondary N) is 1. The van der Waals surface area contributed by atoms with Crippen LogP contribution in [0.3, 0.4) is 0 Å². The average molecular weight is 317 g/mol. The summed E-state index contributed by atoms with van der Waals surface area (Å²) in [6.07, 6.45) is -3.52. The number of alkyl halides is 3. The van der Waals surface area contributed by atoms with Crippen LogP contribution in [-0.2, 0) is 6.18 Å². The Bertz CT molecular complexity index is 686. The molecule has 0 saturated carbocycles. The van der Waals surface area contributed by atoms with Gasteiger partial charge in [-0.1, -0.05) is 4.49 Å². The third-order valence-corrected chi connectivity index (χ3v) is 3.07. The number of carboxylic acids is 1. The van der Waals surface area contributed by atoms with Crippen molar-refractivity contribution in [2.45, 2.75) is 6.18 Å². The van der Waals surface area contributed by atoms with Crippen molar-refractivity contribution in [1.29, 1.82) is 0 Å². The number of aromatic nitrogens is 2. The standard InChI is InChI=1S/C11H6F3N3O3S/c12-11(13,14)5-1-2-7(6(3-5)10(19)20)16-9(18)8-4-15-17-21-8/h1-4H,(H,16,18)(H,19,20). The lowest BCUT2D eigenvalue weighted by molar-refractivity contribution is -0.137. The van der Waals surface area contributed by atoms with Gasteiger partial charge in [-0.25, -0.2) is 4.79 Å². The van der Waals surface area contributed by atoms with E-state index in [1.54, 1.807) is 0 Å². The van der Waals surface area contributed by atoms with Crippen molar-refractivity contribution >= 4 is 29.1 Å². The van der Waals surface area contributed by atoms with E-state index in [2.05, 4.69) is 14.9 Å². The summed E-state index contributed by atoms with van der Waals surface area (Å²) in [7, 11) is 0. The second-order valence-electron chi connectivity index (χ2n) is 3.80. The molecule has 0 radical (unpaired) electrons. The molecule has 6 nitrogen and oxygen atoms in total. The molecular weight excluding hydrogens is 311 g/mol. The van der Waals surface area contributed by atoms with Gasteiger partial charge in [-0.2, -0.15) is 13.2 Å². The van der Waals surface area contributed by atoms with Gasteiger partial charge in [0, 0.05) is 0 Å². The molecule has 1 heterocycles. The van der Waals surface area contributed by atoms with Crippen molar-refractivity contribution in [3.63, 3.8) is 0 Å². The number of halogens is 3. The minimum atomic E-state index is -4.67. The number of carbonyl (C=O) groups is 2. The Balaban J connectivity index is 2.35. The second kappa shape index (κ2) is 5.48. The SMILES string of the molecule is O=C(Nc1ccc(C(F)(F)F)cc1C(=O)O)c1cnns1. The zero-order valence-electron chi connectivity index (χ0n) is 10.0. The molecule has 21 heavy (non-hydrogen) atoms. The van der Waals surface area contributed by atoms with E-state index in [1.807, 2.05) is 0 Å². The molecule has 110 valence electrons. The van der Waals surface area contributed by atoms with Crippen molar-refractivity contribution in [3.05, 3.63) is 40.4 Å². The Morgan fingerprint density at radius 3 is 2.52 bits per heavy atom. The lowest BCUT2D eigenvalue weighted by Gasteiger charge is -2.11. The molecule has 2 rings (SSSR count). The number of rotatable bonds is 3. The lowest BCUT2D eigenvalue weighted by Crippen LogP contribution is -2.15. The minimum absolute atomic E-state index is 0.103. The van der Waals surface area contributed by atoms with E-state index in [0.717, 1.165) is 23.8 Å². The van der Waals surface area contributed by atoms with Crippen molar-refractivity contribution < 1.29 is 27.9 Å². The van der Waals surface area contributed by atoms with E-state index in [-0.39, 0.29) is 10.6 Å². The highest BCUT2D eigenvalue weighted by Crippen LogP contribution is 2.32. The summed E-state index contributed by atoms with van der Waals surface area (Å²) in [4.78, 5) is 22.9. The van der Waals surface area contributed by atoms with Crippen molar-refractivity contribution in [3.8, 4) is 0 Å². The average Bonchev–Trinajstić information content (AvgIpc) is 2.91. The molecular formula is C11H6F3N3O3S. The molecule has 1 aromatic heterocycles. The predicted molar refractivity (Wildman–Crippen MR) is 66.3 cm³/mol. The maximum Gasteiger partial charge on any atom is 0.416 e. The Hall–Kier alpha value is -2.49. The third kappa shape index (κ3) is 3.34. The van der Waals surface area contributed by atoms with Crippen LogP contribution in [0.1, 0.15) is 25.6 Å². The van der Waals surface area contributed by atoms with Gasteiger partial charge in [0.15, 0.2) is 0 Å². The zero-order chi connectivity index (χ0) is 15.6. The molecule has 0 fully saturated rings. The second-order valence-corrected chi connectivity index (χ2v) is 4.58. The van der Waals surface area contributed by atoms with Crippen LogP contribution in [-0.4, -0.2) is 26.6 Å². The minimum Gasteiger partial charge on any atom is -0.478 e. The normalized spacial score (nSPS) is 11.2. The van der Waals surface area contributed by atoms with Gasteiger partial charge in [-0.05, 0) is 29.7 Å². The smallest absolute Gasteiger partial charge is 0.416 e. The number of hydrogen-bond donors (Lipinski definition) is 2. The molecule has 0 unspecified atom stereocenters. The summed E-state index contributed by atoms with van der Waals surface area (Å²) in [6.45, 7) is 0. The number of benzene rings is 1. The van der Waals surface area contributed by atoms with Gasteiger partial charge in [0.25, 0.3) is 5.91 Å². The van der Waals surface area contributed by atoms with Crippen LogP contribution >= 0.6 is 11.5 Å². The van der Waals surface area contributed by atoms with Gasteiger partial charge in [0.1, 0.15) is 4.88 Å². The molecule has 2 N–H and O–H groups in total. The first kappa shape index (κ1) is 14.9. The van der Waals surface area contributed by atoms with E-state index in [0.29, 0.717) is 12.1 Å². The van der Waals surface area contributed by atoms with Crippen LogP contribution in [0.15, 0.2) is 24.4 Å². The van der Waals surface area contributed by atoms with Gasteiger partial charge in [0.2, 0.25) is 0 Å². The molecule has 2 aromatic rings. The zero-order valence-corrected chi connectivity index (χ0v) is 10.8. The highest BCUT2D eigenvalue weighted by atomic mass is 32.1. The summed E-state index contributed by atoms with van der Waals surface area (Å²) in [5, 5.41) is 14.6. The summed E-state index contributed by atoms with van der Waals surface area (Å²) in [6, 6.07) is 2.04. The topological polar surface area (TPSA) is 92.2 Å². The number of aromatic carboxylic acids is 1. The van der Waals surface area contributed by atoms with Gasteiger partial charge in [-0.15, -0.1) is 5.10 Å². The fourth-order valence-electron chi connectivity index (χ4n) is 1.46. The maximum atomic E-state index is 12.6. The molecule has 0 bridgehead atoms. The highest BCUT2D eigenvalue weighted by molar-refractivity contribution is 7.07. The first-order valence-electron chi connectivity index (χ1n) is 5.32. The molecule has 10 heteroatoms. The first-order valence-corrected chi connectivity index (χ1v) is 6.09. The molecule has 1 aromatic carbocycles. The van der Waals surface area contributed by atoms with Gasteiger partial charge >= 0.3 is 12.1 Å². The highest BCUT2D eigenvalue weighted by Gasteiger charge is 2.32. The van der Waals surface area contributed by atoms with Crippen LogP contribution in [0.25, 0.3) is 0 Å². The van der Waals surface area contributed by atoms with Crippen LogP contribution < -0.4 is 5.32 Å². The summed E-state index contributed by atoms with van der Waals surface area (Å²) in [5.41, 5.74) is -2.01. The molecule has 0 aliphatic heterocycles. The van der Waals surface area contributed by atoms with Crippen LogP contribution in [0, 0.1) is 0 Å². The fraction of sp³-hybridized carbons (Fsp3) is 0.0909. The quantitative estimate of drug-likeness (QED) is 0.907. The van der Waals surface area contributed by atoms with E-state index >= 15 is 0 Å². The van der Waals surface area contributed by atoms with Gasteiger partial charge < -0.3 is 10.4 Å². The van der Waals surface area contributed by atoms with Crippen LogP contribution in [0.2, 0.25) is 0 Å². The van der Waals surface area contributed by atoms with Crippen molar-refractivity contribution in [1.82, 2.24) is 9.59 Å². The van der Waals surface area contributed by atoms with Gasteiger partial charge in [-0.3, -0.25) is 4.79 Å². The summed E-state index contributed by atoms with van der Waals surface area (Å²) >= 11 is 0.771. The monoisotopic (exact) mass is 317 g/mol. The number of carboxylic acid groups (broad SMARTS) is 1. The number of anilines is 1. The lowest BCUT2D eigenvalue weighted by atomic mass is 10.1. The van der Waals surface area contributed by atoms with E-state index in [4.69, 9.17) is 5.11 Å². The van der Waals surface area contributed by atoms with Crippen molar-refractivity contribution in [2.24, 2.45) is 0 Å². The Morgan fingerprint density at radius 1 is 1.29 bits per heavy atom. The predicted octanol–water partition coefficient (Wildman–Crippen LogP) is 2.51. The first-order chi connectivity index (χ1) is 9.79. The van der Waals surface area contributed by atoms with Crippen molar-refractivity contribution in [2.75, 3.05) is 5.32 Å². The van der Waals surface area contributed by atoms with Gasteiger partial charge in [0.05, 0.1) is 23.0 Å². The molecule has 0 aliphatic carbocycles. The number of amides is 1. The number of nitrogens with zero attached hydrogens (tertiary/aromatic N) is 2. The Morgan fingerprint density at radius 2 is 2.00 bits per heavy atom. The van der Waals surface area contributed by atoms with E-state index in [9.17, 15) is 22.8 Å². The van der Waals surface area contributed by atoms with E-state index in [1.165, 1.54) is 0 Å². The fourth-order valence-corrected chi connectivity index (χ4v) is 1.87. The maximum absolute atomic E-state index is 12.6. The number of hydrogen-bond acceptors (Lipinski definition) is 5. The molecule has 0 atom stereocenters. The Labute approximate surface area is 119 Å². The number of carbonyl (C=O) groups excluding carboxylic acids is 1. The largest absolute Gasteiger partial charge is 0.478 e. The molecule has 0 aliphatic rings.